The third-order valence-corrected chi connectivity index (χ3v) is 6.87. The summed E-state index contributed by atoms with van der Waals surface area (Å²) < 4.78 is 5.80. The minimum absolute atomic E-state index is 0.198. The van der Waals surface area contributed by atoms with E-state index in [0.29, 0.717) is 6.54 Å². The molecule has 196 valence electrons. The van der Waals surface area contributed by atoms with Crippen LogP contribution in [-0.2, 0) is 24.4 Å². The largest absolute Gasteiger partial charge is 0.444 e. The summed E-state index contributed by atoms with van der Waals surface area (Å²) in [6.45, 7) is 8.02. The minimum Gasteiger partial charge on any atom is -0.444 e. The normalized spacial score (nSPS) is 14.7. The van der Waals surface area contributed by atoms with E-state index in [0.717, 1.165) is 31.5 Å². The molecule has 0 unspecified atom stereocenters. The van der Waals surface area contributed by atoms with Crippen molar-refractivity contribution in [2.75, 3.05) is 0 Å². The zero-order valence-electron chi connectivity index (χ0n) is 22.6. The molecule has 4 rings (SSSR count). The maximum atomic E-state index is 13.1. The summed E-state index contributed by atoms with van der Waals surface area (Å²) in [6.07, 6.45) is 10.5. The lowest BCUT2D eigenvalue weighted by atomic mass is 10.0. The molecule has 1 aromatic heterocycles. The smallest absolute Gasteiger partial charge is 0.410 e. The molecule has 0 atom stereocenters. The molecule has 1 amide bonds. The molecular weight excluding hydrogens is 458 g/mol. The van der Waals surface area contributed by atoms with Crippen LogP contribution in [0.3, 0.4) is 0 Å². The van der Waals surface area contributed by atoms with Crippen LogP contribution >= 0.6 is 0 Å². The zero-order valence-corrected chi connectivity index (χ0v) is 22.6. The van der Waals surface area contributed by atoms with E-state index in [1.165, 1.54) is 47.9 Å². The van der Waals surface area contributed by atoms with Gasteiger partial charge in [-0.1, -0.05) is 80.3 Å². The lowest BCUT2D eigenvalue weighted by Gasteiger charge is -2.33. The molecule has 0 radical (unpaired) electrons. The van der Waals surface area contributed by atoms with Crippen molar-refractivity contribution in [2.45, 2.75) is 90.6 Å². The van der Waals surface area contributed by atoms with Crippen LogP contribution in [0.1, 0.15) is 76.0 Å². The third kappa shape index (κ3) is 8.43. The highest BCUT2D eigenvalue weighted by atomic mass is 16.6. The van der Waals surface area contributed by atoms with E-state index in [9.17, 15) is 4.79 Å². The summed E-state index contributed by atoms with van der Waals surface area (Å²) in [5.41, 5.74) is 5.44. The fourth-order valence-electron chi connectivity index (χ4n) is 4.90. The van der Waals surface area contributed by atoms with Gasteiger partial charge in [0.1, 0.15) is 5.60 Å². The third-order valence-electron chi connectivity index (χ3n) is 6.87. The molecule has 37 heavy (non-hydrogen) atoms. The van der Waals surface area contributed by atoms with Gasteiger partial charge in [-0.25, -0.2) is 4.79 Å². The quantitative estimate of drug-likeness (QED) is 0.326. The first kappa shape index (κ1) is 26.9. The van der Waals surface area contributed by atoms with Gasteiger partial charge in [0.15, 0.2) is 0 Å². The van der Waals surface area contributed by atoms with Crippen LogP contribution in [0.4, 0.5) is 4.79 Å². The molecule has 1 aliphatic rings. The van der Waals surface area contributed by atoms with Gasteiger partial charge in [-0.05, 0) is 67.5 Å². The van der Waals surface area contributed by atoms with Gasteiger partial charge in [-0.2, -0.15) is 0 Å². The standard InChI is InChI=1S/C32H41N3O2/c1-32(2,3)37-31(36)35(30-10-6-4-5-7-11-30)24-26-14-18-29(19-15-26)28-16-12-25(13-17-28)21-34-23-27-9-8-20-33-22-27/h8-9,12-20,22,30,34H,4-7,10-11,21,23-24H2,1-3H3. The van der Waals surface area contributed by atoms with Gasteiger partial charge in [0.2, 0.25) is 0 Å². The van der Waals surface area contributed by atoms with E-state index >= 15 is 0 Å². The number of carbonyl (C=O) groups excluding carboxylic acids is 1. The van der Waals surface area contributed by atoms with Crippen LogP contribution in [0.2, 0.25) is 0 Å². The molecule has 1 N–H and O–H groups in total. The maximum absolute atomic E-state index is 13.1. The Hall–Kier alpha value is -3.18. The molecule has 0 saturated heterocycles. The van der Waals surface area contributed by atoms with Crippen molar-refractivity contribution in [3.63, 3.8) is 0 Å². The monoisotopic (exact) mass is 499 g/mol. The van der Waals surface area contributed by atoms with E-state index in [1.54, 1.807) is 6.20 Å². The summed E-state index contributed by atoms with van der Waals surface area (Å²) in [4.78, 5) is 19.3. The highest BCUT2D eigenvalue weighted by Crippen LogP contribution is 2.27. The number of benzene rings is 2. The molecule has 0 spiro atoms. The zero-order chi connectivity index (χ0) is 26.1. The van der Waals surface area contributed by atoms with Crippen molar-refractivity contribution in [2.24, 2.45) is 0 Å². The molecular formula is C32H41N3O2. The summed E-state index contributed by atoms with van der Waals surface area (Å²) in [5, 5.41) is 3.47. The van der Waals surface area contributed by atoms with E-state index in [1.807, 2.05) is 37.9 Å². The van der Waals surface area contributed by atoms with Gasteiger partial charge in [-0.3, -0.25) is 4.98 Å². The minimum atomic E-state index is -0.496. The second-order valence-electron chi connectivity index (χ2n) is 11.1. The predicted molar refractivity (Wildman–Crippen MR) is 150 cm³/mol. The predicted octanol–water partition coefficient (Wildman–Crippen LogP) is 7.50. The van der Waals surface area contributed by atoms with Crippen molar-refractivity contribution in [1.29, 1.82) is 0 Å². The van der Waals surface area contributed by atoms with Gasteiger partial charge >= 0.3 is 6.09 Å². The van der Waals surface area contributed by atoms with Crippen molar-refractivity contribution < 1.29 is 9.53 Å². The molecule has 1 heterocycles. The number of aromatic nitrogens is 1. The van der Waals surface area contributed by atoms with Crippen molar-refractivity contribution in [3.8, 4) is 11.1 Å². The first-order valence-electron chi connectivity index (χ1n) is 13.6. The Morgan fingerprint density at radius 1 is 0.865 bits per heavy atom. The Balaban J connectivity index is 1.38. The summed E-state index contributed by atoms with van der Waals surface area (Å²) in [5.74, 6) is 0. The Bertz CT molecular complexity index is 1100. The summed E-state index contributed by atoms with van der Waals surface area (Å²) in [6, 6.07) is 21.6. The van der Waals surface area contributed by atoms with E-state index in [-0.39, 0.29) is 12.1 Å². The molecule has 1 aliphatic carbocycles. The van der Waals surface area contributed by atoms with E-state index in [4.69, 9.17) is 4.74 Å². The van der Waals surface area contributed by atoms with Crippen LogP contribution < -0.4 is 5.32 Å². The molecule has 0 bridgehead atoms. The van der Waals surface area contributed by atoms with E-state index < -0.39 is 5.60 Å². The Kier molecular flexibility index (Phi) is 9.34. The van der Waals surface area contributed by atoms with Gasteiger partial charge in [-0.15, -0.1) is 0 Å². The van der Waals surface area contributed by atoms with Crippen LogP contribution in [0.5, 0.6) is 0 Å². The topological polar surface area (TPSA) is 54.5 Å². The Morgan fingerprint density at radius 3 is 2.03 bits per heavy atom. The second kappa shape index (κ2) is 12.9. The SMILES string of the molecule is CC(C)(C)OC(=O)N(Cc1ccc(-c2ccc(CNCc3cccnc3)cc2)cc1)C1CCCCCC1. The number of ether oxygens (including phenoxy) is 1. The average molecular weight is 500 g/mol. The van der Waals surface area contributed by atoms with E-state index in [2.05, 4.69) is 64.9 Å². The highest BCUT2D eigenvalue weighted by molar-refractivity contribution is 5.69. The number of amides is 1. The number of pyridine rings is 1. The fraction of sp³-hybridized carbons (Fsp3) is 0.438. The number of hydrogen-bond acceptors (Lipinski definition) is 4. The summed E-state index contributed by atoms with van der Waals surface area (Å²) in [7, 11) is 0. The molecule has 3 aromatic rings. The molecule has 2 aromatic carbocycles. The lowest BCUT2D eigenvalue weighted by Crippen LogP contribution is -2.42. The number of hydrogen-bond donors (Lipinski definition) is 1. The number of nitrogens with one attached hydrogen (secondary N) is 1. The Labute approximate surface area is 222 Å². The first-order valence-corrected chi connectivity index (χ1v) is 13.6. The van der Waals surface area contributed by atoms with Crippen molar-refractivity contribution >= 4 is 6.09 Å². The number of nitrogens with zero attached hydrogens (tertiary/aromatic N) is 2. The van der Waals surface area contributed by atoms with Gasteiger partial charge in [0, 0.05) is 38.1 Å². The van der Waals surface area contributed by atoms with Crippen LogP contribution in [0.25, 0.3) is 11.1 Å². The molecule has 0 aliphatic heterocycles. The van der Waals surface area contributed by atoms with Crippen molar-refractivity contribution in [3.05, 3.63) is 89.7 Å². The molecule has 5 nitrogen and oxygen atoms in total. The van der Waals surface area contributed by atoms with Gasteiger partial charge in [0.05, 0.1) is 0 Å². The molecule has 1 fully saturated rings. The van der Waals surface area contributed by atoms with Crippen LogP contribution in [0.15, 0.2) is 73.1 Å². The van der Waals surface area contributed by atoms with Crippen LogP contribution in [-0.4, -0.2) is 27.6 Å². The van der Waals surface area contributed by atoms with Gasteiger partial charge in [0.25, 0.3) is 0 Å². The second-order valence-corrected chi connectivity index (χ2v) is 11.1. The molecule has 1 saturated carbocycles. The lowest BCUT2D eigenvalue weighted by molar-refractivity contribution is 0.0123. The summed E-state index contributed by atoms with van der Waals surface area (Å²) >= 11 is 0. The maximum Gasteiger partial charge on any atom is 0.410 e. The fourth-order valence-corrected chi connectivity index (χ4v) is 4.90. The number of carbonyl (C=O) groups is 1. The number of rotatable bonds is 8. The van der Waals surface area contributed by atoms with Crippen molar-refractivity contribution in [1.82, 2.24) is 15.2 Å². The molecule has 5 heteroatoms. The first-order chi connectivity index (χ1) is 17.9. The Morgan fingerprint density at radius 2 is 1.46 bits per heavy atom. The highest BCUT2D eigenvalue weighted by Gasteiger charge is 2.29. The van der Waals surface area contributed by atoms with Crippen LogP contribution in [0, 0.1) is 0 Å². The van der Waals surface area contributed by atoms with Gasteiger partial charge < -0.3 is 15.0 Å². The average Bonchev–Trinajstić information content (AvgIpc) is 3.17.